The molecule has 5 rings (SSSR count). The van der Waals surface area contributed by atoms with Crippen LogP contribution in [0.15, 0.2) is 65.7 Å². The predicted molar refractivity (Wildman–Crippen MR) is 134 cm³/mol. The Labute approximate surface area is 201 Å². The molecule has 0 aromatic heterocycles. The van der Waals surface area contributed by atoms with Crippen molar-refractivity contribution >= 4 is 5.71 Å². The summed E-state index contributed by atoms with van der Waals surface area (Å²) in [5.74, 6) is 3.32. The lowest BCUT2D eigenvalue weighted by Gasteiger charge is -2.36. The molecule has 3 aromatic carbocycles. The Balaban J connectivity index is 1.56. The Morgan fingerprint density at radius 1 is 0.765 bits per heavy atom. The van der Waals surface area contributed by atoms with Gasteiger partial charge in [-0.25, -0.2) is 0 Å². The van der Waals surface area contributed by atoms with Crippen molar-refractivity contribution in [1.29, 1.82) is 0 Å². The fourth-order valence-corrected chi connectivity index (χ4v) is 5.17. The quantitative estimate of drug-likeness (QED) is 0.426. The summed E-state index contributed by atoms with van der Waals surface area (Å²) in [6.45, 7) is 0.472. The molecule has 0 spiro atoms. The van der Waals surface area contributed by atoms with E-state index in [2.05, 4.69) is 30.3 Å². The topological polar surface area (TPSA) is 49.3 Å². The Morgan fingerprint density at radius 3 is 2.26 bits per heavy atom. The van der Waals surface area contributed by atoms with E-state index in [1.165, 1.54) is 18.4 Å². The van der Waals surface area contributed by atoms with Crippen LogP contribution in [0, 0.1) is 0 Å². The predicted octanol–water partition coefficient (Wildman–Crippen LogP) is 6.17. The lowest BCUT2D eigenvalue weighted by Crippen LogP contribution is -2.29. The molecule has 1 heterocycles. The van der Waals surface area contributed by atoms with Gasteiger partial charge >= 0.3 is 0 Å². The second-order valence-corrected chi connectivity index (χ2v) is 8.87. The normalized spacial score (nSPS) is 18.9. The molecule has 1 aliphatic heterocycles. The number of methoxy groups -OCH3 is 3. The molecule has 1 aliphatic carbocycles. The van der Waals surface area contributed by atoms with Crippen molar-refractivity contribution in [2.45, 2.75) is 44.2 Å². The first-order valence-corrected chi connectivity index (χ1v) is 11.9. The fourth-order valence-electron chi connectivity index (χ4n) is 5.17. The van der Waals surface area contributed by atoms with Gasteiger partial charge in [-0.2, -0.15) is 0 Å². The molecule has 2 aliphatic rings. The third-order valence-corrected chi connectivity index (χ3v) is 6.91. The first kappa shape index (κ1) is 22.3. The summed E-state index contributed by atoms with van der Waals surface area (Å²) in [6.07, 6.45) is 4.71. The van der Waals surface area contributed by atoms with E-state index in [9.17, 15) is 0 Å². The smallest absolute Gasteiger partial charge is 0.162 e. The van der Waals surface area contributed by atoms with Crippen LogP contribution in [0.3, 0.4) is 0 Å². The van der Waals surface area contributed by atoms with Crippen LogP contribution in [0.1, 0.15) is 53.9 Å². The zero-order valence-corrected chi connectivity index (χ0v) is 20.0. The van der Waals surface area contributed by atoms with Crippen molar-refractivity contribution in [3.8, 4) is 23.0 Å². The average Bonchev–Trinajstić information content (AvgIpc) is 2.91. The van der Waals surface area contributed by atoms with Gasteiger partial charge in [0.15, 0.2) is 23.0 Å². The molecule has 176 valence electrons. The molecule has 1 saturated carbocycles. The number of aliphatic imine (C=N–C) groups is 1. The molecular weight excluding hydrogens is 426 g/mol. The fraction of sp³-hybridized carbons (Fsp3) is 0.345. The van der Waals surface area contributed by atoms with Gasteiger partial charge in [-0.05, 0) is 54.3 Å². The van der Waals surface area contributed by atoms with Crippen molar-refractivity contribution in [2.24, 2.45) is 4.99 Å². The summed E-state index contributed by atoms with van der Waals surface area (Å²) in [4.78, 5) is 5.29. The molecule has 1 fully saturated rings. The molecule has 3 aromatic rings. The SMILES string of the molecule is COc1cc2c(cc1OC)[C@H]1CCCC[C@H]1N=C2c1ccc(OC)c(OCc2ccccc2)c1. The van der Waals surface area contributed by atoms with Crippen molar-refractivity contribution in [3.05, 3.63) is 82.9 Å². The molecule has 0 unspecified atom stereocenters. The maximum Gasteiger partial charge on any atom is 0.162 e. The lowest BCUT2D eigenvalue weighted by atomic mass is 9.75. The highest BCUT2D eigenvalue weighted by Crippen LogP contribution is 2.45. The van der Waals surface area contributed by atoms with Gasteiger partial charge in [0.25, 0.3) is 0 Å². The number of fused-ring (bicyclic) bond motifs is 3. The van der Waals surface area contributed by atoms with Gasteiger partial charge in [0.2, 0.25) is 0 Å². The third-order valence-electron chi connectivity index (χ3n) is 6.91. The third kappa shape index (κ3) is 4.23. The van der Waals surface area contributed by atoms with Gasteiger partial charge in [-0.1, -0.05) is 43.2 Å². The molecule has 0 radical (unpaired) electrons. The zero-order chi connectivity index (χ0) is 23.5. The van der Waals surface area contributed by atoms with E-state index >= 15 is 0 Å². The number of benzene rings is 3. The Morgan fingerprint density at radius 2 is 1.50 bits per heavy atom. The van der Waals surface area contributed by atoms with Gasteiger partial charge in [-0.3, -0.25) is 4.99 Å². The molecule has 5 heteroatoms. The average molecular weight is 458 g/mol. The van der Waals surface area contributed by atoms with Crippen LogP contribution >= 0.6 is 0 Å². The Kier molecular flexibility index (Phi) is 6.43. The van der Waals surface area contributed by atoms with Gasteiger partial charge in [-0.15, -0.1) is 0 Å². The lowest BCUT2D eigenvalue weighted by molar-refractivity contribution is 0.284. The number of ether oxygens (including phenoxy) is 4. The van der Waals surface area contributed by atoms with Crippen LogP contribution in [0.2, 0.25) is 0 Å². The molecule has 0 amide bonds. The molecule has 0 saturated heterocycles. The van der Waals surface area contributed by atoms with Crippen LogP contribution in [0.4, 0.5) is 0 Å². The Hall–Kier alpha value is -3.47. The van der Waals surface area contributed by atoms with Crippen LogP contribution in [0.25, 0.3) is 0 Å². The summed E-state index contributed by atoms with van der Waals surface area (Å²) in [6, 6.07) is 20.7. The van der Waals surface area contributed by atoms with Crippen molar-refractivity contribution in [2.75, 3.05) is 21.3 Å². The number of nitrogens with zero attached hydrogens (tertiary/aromatic N) is 1. The monoisotopic (exact) mass is 457 g/mol. The second kappa shape index (κ2) is 9.80. The van der Waals surface area contributed by atoms with Crippen LogP contribution in [0.5, 0.6) is 23.0 Å². The summed E-state index contributed by atoms with van der Waals surface area (Å²) < 4.78 is 23.1. The maximum atomic E-state index is 6.20. The maximum absolute atomic E-state index is 6.20. The minimum atomic E-state index is 0.283. The number of hydrogen-bond acceptors (Lipinski definition) is 5. The van der Waals surface area contributed by atoms with E-state index in [1.54, 1.807) is 21.3 Å². The molecule has 5 nitrogen and oxygen atoms in total. The van der Waals surface area contributed by atoms with Gasteiger partial charge < -0.3 is 18.9 Å². The highest BCUT2D eigenvalue weighted by molar-refractivity contribution is 6.15. The molecule has 0 N–H and O–H groups in total. The first-order valence-electron chi connectivity index (χ1n) is 11.9. The highest BCUT2D eigenvalue weighted by Gasteiger charge is 2.34. The standard InChI is InChI=1S/C29H31NO4/c1-31-25-14-13-20(15-28(25)34-18-19-9-5-4-6-10-19)29-23-17-27(33-3)26(32-2)16-22(23)21-11-7-8-12-24(21)30-29/h4-6,9-10,13-17,21,24H,7-8,11-12,18H2,1-3H3/t21-,24-/m1/s1. The van der Waals surface area contributed by atoms with E-state index < -0.39 is 0 Å². The number of rotatable bonds is 7. The Bertz CT molecular complexity index is 1190. The van der Waals surface area contributed by atoms with Crippen molar-refractivity contribution in [3.63, 3.8) is 0 Å². The van der Waals surface area contributed by atoms with E-state index in [0.29, 0.717) is 24.0 Å². The van der Waals surface area contributed by atoms with Gasteiger partial charge in [0, 0.05) is 17.0 Å². The first-order chi connectivity index (χ1) is 16.7. The van der Waals surface area contributed by atoms with E-state index in [-0.39, 0.29) is 6.04 Å². The minimum Gasteiger partial charge on any atom is -0.493 e. The minimum absolute atomic E-state index is 0.283. The van der Waals surface area contributed by atoms with Crippen LogP contribution < -0.4 is 18.9 Å². The van der Waals surface area contributed by atoms with Crippen LogP contribution in [-0.4, -0.2) is 33.1 Å². The van der Waals surface area contributed by atoms with Gasteiger partial charge in [0.05, 0.1) is 33.1 Å². The number of hydrogen-bond donors (Lipinski definition) is 0. The summed E-state index contributed by atoms with van der Waals surface area (Å²) >= 11 is 0. The molecule has 34 heavy (non-hydrogen) atoms. The van der Waals surface area contributed by atoms with Gasteiger partial charge in [0.1, 0.15) is 6.61 Å². The summed E-state index contributed by atoms with van der Waals surface area (Å²) in [7, 11) is 5.04. The summed E-state index contributed by atoms with van der Waals surface area (Å²) in [5, 5.41) is 0. The van der Waals surface area contributed by atoms with Crippen molar-refractivity contribution < 1.29 is 18.9 Å². The second-order valence-electron chi connectivity index (χ2n) is 8.87. The van der Waals surface area contributed by atoms with E-state index in [0.717, 1.165) is 46.7 Å². The molecule has 0 bridgehead atoms. The molecular formula is C29H31NO4. The molecule has 2 atom stereocenters. The summed E-state index contributed by atoms with van der Waals surface area (Å²) in [5.41, 5.74) is 5.51. The highest BCUT2D eigenvalue weighted by atomic mass is 16.5. The van der Waals surface area contributed by atoms with E-state index in [1.807, 2.05) is 30.3 Å². The van der Waals surface area contributed by atoms with E-state index in [4.69, 9.17) is 23.9 Å². The zero-order valence-electron chi connectivity index (χ0n) is 20.0. The van der Waals surface area contributed by atoms with Crippen molar-refractivity contribution in [1.82, 2.24) is 0 Å². The largest absolute Gasteiger partial charge is 0.493 e. The van der Waals surface area contributed by atoms with Crippen LogP contribution in [-0.2, 0) is 6.61 Å².